The summed E-state index contributed by atoms with van der Waals surface area (Å²) in [6.45, 7) is 3.54. The predicted molar refractivity (Wildman–Crippen MR) is 130 cm³/mol. The molecule has 11 heteroatoms. The fourth-order valence-corrected chi connectivity index (χ4v) is 5.13. The first-order valence-corrected chi connectivity index (χ1v) is 12.2. The molecule has 2 fully saturated rings. The summed E-state index contributed by atoms with van der Waals surface area (Å²) in [5.74, 6) is 0.271. The largest absolute Gasteiger partial charge is 0.414 e. The number of aryl methyl sites for hydroxylation is 1. The number of nitrogens with one attached hydrogen (secondary N) is 2. The van der Waals surface area contributed by atoms with Gasteiger partial charge in [-0.05, 0) is 78.0 Å². The number of rotatable bonds is 5. The quantitative estimate of drug-likeness (QED) is 0.383. The molecule has 176 valence electrons. The van der Waals surface area contributed by atoms with Gasteiger partial charge in [-0.1, -0.05) is 16.5 Å². The Balaban J connectivity index is 1.43. The molecule has 0 unspecified atom stereocenters. The zero-order valence-corrected chi connectivity index (χ0v) is 20.5. The summed E-state index contributed by atoms with van der Waals surface area (Å²) in [5.41, 5.74) is 1.43. The molecule has 2 heterocycles. The van der Waals surface area contributed by atoms with Crippen LogP contribution in [0.3, 0.4) is 0 Å². The Morgan fingerprint density at radius 1 is 1.27 bits per heavy atom. The van der Waals surface area contributed by atoms with E-state index in [9.17, 15) is 14.8 Å². The minimum atomic E-state index is -0.989. The molecule has 1 aromatic carbocycles. The molecule has 1 aliphatic heterocycles. The molecule has 9 nitrogen and oxygen atoms in total. The molecule has 0 atom stereocenters. The van der Waals surface area contributed by atoms with E-state index >= 15 is 0 Å². The molecule has 0 bridgehead atoms. The molecule has 0 radical (unpaired) electrons. The summed E-state index contributed by atoms with van der Waals surface area (Å²) in [7, 11) is 0. The van der Waals surface area contributed by atoms with Gasteiger partial charge in [-0.3, -0.25) is 4.79 Å². The fourth-order valence-electron chi connectivity index (χ4n) is 3.94. The first-order valence-electron chi connectivity index (χ1n) is 10.6. The molecule has 4 rings (SSSR count). The Hall–Kier alpha value is -2.63. The van der Waals surface area contributed by atoms with E-state index in [0.717, 1.165) is 21.5 Å². The number of amides is 2. The van der Waals surface area contributed by atoms with Crippen molar-refractivity contribution in [3.63, 3.8) is 0 Å². The van der Waals surface area contributed by atoms with Crippen LogP contribution in [0.1, 0.15) is 31.2 Å². The summed E-state index contributed by atoms with van der Waals surface area (Å²) in [4.78, 5) is 27.4. The van der Waals surface area contributed by atoms with Crippen molar-refractivity contribution in [2.75, 3.05) is 30.0 Å². The fraction of sp³-hybridized carbons (Fsp3) is 0.409. The number of nitrogens with zero attached hydrogens (tertiary/aromatic N) is 2. The van der Waals surface area contributed by atoms with Crippen molar-refractivity contribution in [2.45, 2.75) is 38.1 Å². The molecule has 33 heavy (non-hydrogen) atoms. The lowest BCUT2D eigenvalue weighted by Crippen LogP contribution is -2.61. The second-order valence-corrected chi connectivity index (χ2v) is 10.4. The van der Waals surface area contributed by atoms with Gasteiger partial charge in [0, 0.05) is 24.3 Å². The van der Waals surface area contributed by atoms with Crippen LogP contribution in [0.4, 0.5) is 16.2 Å². The number of halogens is 1. The van der Waals surface area contributed by atoms with Crippen molar-refractivity contribution >= 4 is 56.5 Å². The maximum atomic E-state index is 13.1. The monoisotopic (exact) mass is 536 g/mol. The Bertz CT molecular complexity index is 1070. The van der Waals surface area contributed by atoms with Crippen molar-refractivity contribution < 1.29 is 24.3 Å². The van der Waals surface area contributed by atoms with Gasteiger partial charge in [0.25, 0.3) is 0 Å². The molecular weight excluding hydrogens is 512 g/mol. The highest BCUT2D eigenvalue weighted by molar-refractivity contribution is 9.11. The summed E-state index contributed by atoms with van der Waals surface area (Å²) in [5, 5.41) is 19.0. The first kappa shape index (κ1) is 23.5. The summed E-state index contributed by atoms with van der Waals surface area (Å²) < 4.78 is 11.6. The lowest BCUT2D eigenvalue weighted by Gasteiger charge is -2.40. The summed E-state index contributed by atoms with van der Waals surface area (Å²) in [6, 6.07) is 9.02. The van der Waals surface area contributed by atoms with Gasteiger partial charge in [0.2, 0.25) is 5.91 Å². The van der Waals surface area contributed by atoms with E-state index in [-0.39, 0.29) is 5.91 Å². The number of amidine groups is 1. The number of thiophene rings is 1. The molecule has 1 saturated heterocycles. The number of hydrogen-bond acceptors (Lipinski definition) is 7. The van der Waals surface area contributed by atoms with Crippen LogP contribution in [-0.4, -0.2) is 48.3 Å². The van der Waals surface area contributed by atoms with Crippen LogP contribution in [0.5, 0.6) is 5.06 Å². The van der Waals surface area contributed by atoms with Gasteiger partial charge >= 0.3 is 6.09 Å². The Labute approximate surface area is 203 Å². The normalized spacial score (nSPS) is 18.8. The molecule has 1 aromatic heterocycles. The van der Waals surface area contributed by atoms with Crippen molar-refractivity contribution in [3.05, 3.63) is 39.7 Å². The van der Waals surface area contributed by atoms with E-state index < -0.39 is 11.6 Å². The summed E-state index contributed by atoms with van der Waals surface area (Å²) >= 11 is 4.62. The second-order valence-electron chi connectivity index (χ2n) is 7.99. The number of ether oxygens (including phenoxy) is 2. The molecule has 1 aliphatic carbocycles. The van der Waals surface area contributed by atoms with E-state index in [0.29, 0.717) is 55.6 Å². The van der Waals surface area contributed by atoms with E-state index in [1.54, 1.807) is 18.2 Å². The third kappa shape index (κ3) is 5.31. The highest BCUT2D eigenvalue weighted by atomic mass is 79.9. The molecule has 3 N–H and O–H groups in total. The number of oxime groups is 1. The number of benzene rings is 1. The average molecular weight is 537 g/mol. The maximum absolute atomic E-state index is 13.1. The van der Waals surface area contributed by atoms with Crippen LogP contribution in [0.15, 0.2) is 39.3 Å². The lowest BCUT2D eigenvalue weighted by atomic mass is 9.76. The maximum Gasteiger partial charge on any atom is 0.414 e. The first-order chi connectivity index (χ1) is 15.9. The standard InChI is InChI=1S/C22H25BrN4O5S/c1-14-13-15(3-4-16(14)27-10-12-31-11-7-18(27)26-30)24-20(28)22(8-2-9-22)25-21(29)32-19-6-5-17(23)33-19/h3-6,13,30H,2,7-12H2,1H3,(H,24,28)(H,25,29). The summed E-state index contributed by atoms with van der Waals surface area (Å²) in [6.07, 6.45) is 1.80. The van der Waals surface area contributed by atoms with Gasteiger partial charge < -0.3 is 30.2 Å². The lowest BCUT2D eigenvalue weighted by molar-refractivity contribution is -0.125. The zero-order chi connectivity index (χ0) is 23.4. The van der Waals surface area contributed by atoms with Crippen LogP contribution in [0.25, 0.3) is 0 Å². The number of anilines is 2. The topological polar surface area (TPSA) is 112 Å². The molecule has 0 spiro atoms. The molecule has 2 aromatic rings. The highest BCUT2D eigenvalue weighted by Crippen LogP contribution is 2.35. The van der Waals surface area contributed by atoms with Crippen molar-refractivity contribution in [1.29, 1.82) is 0 Å². The SMILES string of the molecule is Cc1cc(NC(=O)C2(NC(=O)Oc3ccc(Br)s3)CCC2)ccc1N1CCOCCC1=NO. The van der Waals surface area contributed by atoms with Crippen molar-refractivity contribution in [2.24, 2.45) is 5.16 Å². The molecule has 2 aliphatic rings. The van der Waals surface area contributed by atoms with Crippen molar-refractivity contribution in [1.82, 2.24) is 5.32 Å². The van der Waals surface area contributed by atoms with Gasteiger partial charge in [0.05, 0.1) is 17.0 Å². The van der Waals surface area contributed by atoms with Gasteiger partial charge in [0.15, 0.2) is 10.9 Å². The zero-order valence-electron chi connectivity index (χ0n) is 18.1. The van der Waals surface area contributed by atoms with Gasteiger partial charge in [0.1, 0.15) is 5.54 Å². The predicted octanol–water partition coefficient (Wildman–Crippen LogP) is 4.48. The van der Waals surface area contributed by atoms with E-state index in [2.05, 4.69) is 31.7 Å². The highest BCUT2D eigenvalue weighted by Gasteiger charge is 2.46. The van der Waals surface area contributed by atoms with Crippen LogP contribution in [0.2, 0.25) is 0 Å². The third-order valence-electron chi connectivity index (χ3n) is 5.83. The Morgan fingerprint density at radius 2 is 2.09 bits per heavy atom. The second kappa shape index (κ2) is 10.1. The van der Waals surface area contributed by atoms with Gasteiger partial charge in [-0.2, -0.15) is 0 Å². The van der Waals surface area contributed by atoms with Crippen LogP contribution >= 0.6 is 27.3 Å². The Morgan fingerprint density at radius 3 is 2.73 bits per heavy atom. The molecule has 1 saturated carbocycles. The minimum Gasteiger partial charge on any atom is -0.409 e. The van der Waals surface area contributed by atoms with Gasteiger partial charge in [-0.15, -0.1) is 0 Å². The Kier molecular flexibility index (Phi) is 7.20. The van der Waals surface area contributed by atoms with Crippen LogP contribution in [0, 0.1) is 6.92 Å². The average Bonchev–Trinajstić information content (AvgIpc) is 3.01. The molecular formula is C22H25BrN4O5S. The van der Waals surface area contributed by atoms with E-state index in [1.807, 2.05) is 24.0 Å². The minimum absolute atomic E-state index is 0.272. The third-order valence-corrected chi connectivity index (χ3v) is 7.33. The van der Waals surface area contributed by atoms with Crippen molar-refractivity contribution in [3.8, 4) is 5.06 Å². The van der Waals surface area contributed by atoms with Gasteiger partial charge in [-0.25, -0.2) is 4.79 Å². The van der Waals surface area contributed by atoms with E-state index in [1.165, 1.54) is 11.3 Å². The number of carbonyl (C=O) groups excluding carboxylic acids is 2. The number of hydrogen-bond donors (Lipinski definition) is 3. The smallest absolute Gasteiger partial charge is 0.409 e. The van der Waals surface area contributed by atoms with Crippen LogP contribution < -0.4 is 20.3 Å². The van der Waals surface area contributed by atoms with Crippen LogP contribution in [-0.2, 0) is 9.53 Å². The molecule has 2 amide bonds. The van der Waals surface area contributed by atoms with E-state index in [4.69, 9.17) is 9.47 Å². The number of carbonyl (C=O) groups is 2.